The lowest BCUT2D eigenvalue weighted by molar-refractivity contribution is -0.385. The molecule has 1 fully saturated rings. The molecule has 1 aliphatic rings. The normalized spacial score (nSPS) is 20.1. The number of pyridine rings is 1. The predicted octanol–water partition coefficient (Wildman–Crippen LogP) is -0.121. The minimum atomic E-state index is -3.17. The number of anilines is 1. The van der Waals surface area contributed by atoms with Crippen LogP contribution in [0.25, 0.3) is 0 Å². The van der Waals surface area contributed by atoms with Gasteiger partial charge in [0.05, 0.1) is 21.5 Å². The highest BCUT2D eigenvalue weighted by Gasteiger charge is 2.31. The van der Waals surface area contributed by atoms with Crippen LogP contribution in [0.3, 0.4) is 0 Å². The first-order chi connectivity index (χ1) is 9.81. The molecule has 1 unspecified atom stereocenters. The molecule has 1 aromatic heterocycles. The summed E-state index contributed by atoms with van der Waals surface area (Å²) in [6, 6.07) is 1.01. The Labute approximate surface area is 120 Å². The van der Waals surface area contributed by atoms with E-state index in [0.29, 0.717) is 12.8 Å². The van der Waals surface area contributed by atoms with Gasteiger partial charge in [-0.15, -0.1) is 0 Å². The van der Waals surface area contributed by atoms with Gasteiger partial charge in [-0.1, -0.05) is 0 Å². The van der Waals surface area contributed by atoms with Crippen LogP contribution in [0.15, 0.2) is 12.3 Å². The minimum absolute atomic E-state index is 0.0384. The van der Waals surface area contributed by atoms with Crippen molar-refractivity contribution in [2.45, 2.75) is 18.1 Å². The predicted molar refractivity (Wildman–Crippen MR) is 74.4 cm³/mol. The van der Waals surface area contributed by atoms with Crippen LogP contribution >= 0.6 is 0 Å². The molecule has 1 saturated heterocycles. The van der Waals surface area contributed by atoms with Crippen LogP contribution in [0.5, 0.6) is 0 Å². The van der Waals surface area contributed by atoms with E-state index in [1.54, 1.807) is 0 Å². The molecule has 1 aliphatic heterocycles. The van der Waals surface area contributed by atoms with Gasteiger partial charge >= 0.3 is 0 Å². The second-order valence-corrected chi connectivity index (χ2v) is 7.13. The first kappa shape index (κ1) is 15.2. The average molecular weight is 314 g/mol. The highest BCUT2D eigenvalue weighted by Crippen LogP contribution is 2.20. The van der Waals surface area contributed by atoms with Crippen molar-refractivity contribution in [3.63, 3.8) is 0 Å². The topological polar surface area (TPSA) is 145 Å². The zero-order valence-corrected chi connectivity index (χ0v) is 11.8. The van der Waals surface area contributed by atoms with E-state index in [4.69, 9.17) is 5.73 Å². The third kappa shape index (κ3) is 3.27. The zero-order chi connectivity index (χ0) is 15.6. The van der Waals surface area contributed by atoms with Gasteiger partial charge in [-0.25, -0.2) is 13.4 Å². The summed E-state index contributed by atoms with van der Waals surface area (Å²) in [6.45, 7) is -0.0384. The summed E-state index contributed by atoms with van der Waals surface area (Å²) in [7, 11) is -3.17. The number of nitrogens with two attached hydrogens (primary N) is 1. The van der Waals surface area contributed by atoms with Gasteiger partial charge in [0.25, 0.3) is 11.6 Å². The van der Waals surface area contributed by atoms with Crippen LogP contribution in [0.4, 0.5) is 11.5 Å². The summed E-state index contributed by atoms with van der Waals surface area (Å²) in [5.74, 6) is -0.702. The highest BCUT2D eigenvalue weighted by molar-refractivity contribution is 7.92. The van der Waals surface area contributed by atoms with E-state index in [2.05, 4.69) is 10.3 Å². The number of sulfone groups is 1. The van der Waals surface area contributed by atoms with E-state index in [1.807, 2.05) is 0 Å². The number of hydrogen-bond acceptors (Lipinski definition) is 7. The molecule has 10 heteroatoms. The third-order valence-electron chi connectivity index (χ3n) is 3.31. The number of carbonyl (C=O) groups excluding carboxylic acids is 1. The van der Waals surface area contributed by atoms with E-state index in [1.165, 1.54) is 0 Å². The first-order valence-electron chi connectivity index (χ1n) is 6.21. The molecule has 0 aromatic carbocycles. The van der Waals surface area contributed by atoms with E-state index in [-0.39, 0.29) is 29.4 Å². The van der Waals surface area contributed by atoms with Crippen molar-refractivity contribution in [1.29, 1.82) is 0 Å². The largest absolute Gasteiger partial charge is 0.383 e. The van der Waals surface area contributed by atoms with Gasteiger partial charge in [-0.05, 0) is 12.8 Å². The molecule has 0 aliphatic carbocycles. The fraction of sp³-hybridized carbons (Fsp3) is 0.455. The van der Waals surface area contributed by atoms with Gasteiger partial charge in [0.2, 0.25) is 0 Å². The van der Waals surface area contributed by atoms with Crippen molar-refractivity contribution in [2.24, 2.45) is 0 Å². The van der Waals surface area contributed by atoms with Gasteiger partial charge in [0.1, 0.15) is 12.0 Å². The van der Waals surface area contributed by atoms with Crippen molar-refractivity contribution >= 4 is 27.2 Å². The van der Waals surface area contributed by atoms with Crippen molar-refractivity contribution in [3.05, 3.63) is 27.9 Å². The van der Waals surface area contributed by atoms with Crippen LogP contribution in [0, 0.1) is 10.1 Å². The molecular weight excluding hydrogens is 300 g/mol. The number of amides is 1. The Balaban J connectivity index is 2.10. The lowest BCUT2D eigenvalue weighted by atomic mass is 10.2. The summed E-state index contributed by atoms with van der Waals surface area (Å²) < 4.78 is 23.3. The fourth-order valence-corrected chi connectivity index (χ4v) is 3.90. The molecule has 2 heterocycles. The summed E-state index contributed by atoms with van der Waals surface area (Å²) in [5, 5.41) is 12.5. The van der Waals surface area contributed by atoms with Crippen LogP contribution in [0.1, 0.15) is 23.2 Å². The molecule has 2 rings (SSSR count). The van der Waals surface area contributed by atoms with E-state index < -0.39 is 25.9 Å². The van der Waals surface area contributed by atoms with E-state index >= 15 is 0 Å². The quantitative estimate of drug-likeness (QED) is 0.582. The number of nitrogens with zero attached hydrogens (tertiary/aromatic N) is 2. The average Bonchev–Trinajstić information content (AvgIpc) is 2.75. The van der Waals surface area contributed by atoms with Crippen LogP contribution in [-0.2, 0) is 9.84 Å². The Morgan fingerprint density at radius 3 is 2.86 bits per heavy atom. The smallest absolute Gasteiger partial charge is 0.288 e. The third-order valence-corrected chi connectivity index (χ3v) is 5.59. The van der Waals surface area contributed by atoms with Crippen molar-refractivity contribution in [2.75, 3.05) is 18.0 Å². The van der Waals surface area contributed by atoms with Crippen LogP contribution < -0.4 is 11.1 Å². The minimum Gasteiger partial charge on any atom is -0.383 e. The van der Waals surface area contributed by atoms with Crippen LogP contribution in [-0.4, -0.2) is 41.8 Å². The highest BCUT2D eigenvalue weighted by atomic mass is 32.2. The first-order valence-corrected chi connectivity index (χ1v) is 7.92. The number of nitro groups is 1. The molecule has 3 N–H and O–H groups in total. The van der Waals surface area contributed by atoms with Gasteiger partial charge in [0, 0.05) is 12.6 Å². The van der Waals surface area contributed by atoms with Gasteiger partial charge < -0.3 is 11.1 Å². The number of nitrogens with one attached hydrogen (secondary N) is 1. The molecule has 114 valence electrons. The summed E-state index contributed by atoms with van der Waals surface area (Å²) in [4.78, 5) is 25.5. The number of rotatable bonds is 4. The number of nitrogen functional groups attached to an aromatic ring is 1. The number of aromatic nitrogens is 1. The van der Waals surface area contributed by atoms with Crippen molar-refractivity contribution in [1.82, 2.24) is 10.3 Å². The second kappa shape index (κ2) is 5.64. The molecule has 1 aromatic rings. The maximum atomic E-state index is 12.0. The zero-order valence-electron chi connectivity index (χ0n) is 11.0. The van der Waals surface area contributed by atoms with Gasteiger partial charge in [0.15, 0.2) is 9.84 Å². The summed E-state index contributed by atoms with van der Waals surface area (Å²) in [5.41, 5.74) is 5.02. The lowest BCUT2D eigenvalue weighted by Gasteiger charge is -2.11. The molecular formula is C11H14N4O5S. The summed E-state index contributed by atoms with van der Waals surface area (Å²) >= 11 is 0. The Bertz CT molecular complexity index is 688. The van der Waals surface area contributed by atoms with Crippen molar-refractivity contribution in [3.8, 4) is 0 Å². The van der Waals surface area contributed by atoms with Crippen molar-refractivity contribution < 1.29 is 18.1 Å². The molecule has 1 amide bonds. The maximum absolute atomic E-state index is 12.0. The number of carbonyl (C=O) groups is 1. The number of hydrogen-bond donors (Lipinski definition) is 2. The molecule has 0 radical (unpaired) electrons. The molecule has 0 saturated carbocycles. The Morgan fingerprint density at radius 1 is 1.57 bits per heavy atom. The Kier molecular flexibility index (Phi) is 4.07. The monoisotopic (exact) mass is 314 g/mol. The molecule has 21 heavy (non-hydrogen) atoms. The molecule has 1 atom stereocenters. The molecule has 0 spiro atoms. The van der Waals surface area contributed by atoms with E-state index in [9.17, 15) is 23.3 Å². The second-order valence-electron chi connectivity index (χ2n) is 4.72. The molecule has 0 bridgehead atoms. The standard InChI is InChI=1S/C11H14N4O5S/c12-10-9(4-7(5-13-10)15(17)18)11(16)14-6-8-2-1-3-21(8,19)20/h4-5,8H,1-3,6H2,(H2,12,13)(H,14,16). The maximum Gasteiger partial charge on any atom is 0.288 e. The van der Waals surface area contributed by atoms with Gasteiger partial charge in [-0.3, -0.25) is 14.9 Å². The fourth-order valence-electron chi connectivity index (χ4n) is 2.14. The van der Waals surface area contributed by atoms with Gasteiger partial charge in [-0.2, -0.15) is 0 Å². The SMILES string of the molecule is Nc1ncc([N+](=O)[O-])cc1C(=O)NCC1CCCS1(=O)=O. The lowest BCUT2D eigenvalue weighted by Crippen LogP contribution is -2.35. The Hall–Kier alpha value is -2.23. The van der Waals surface area contributed by atoms with Crippen LogP contribution in [0.2, 0.25) is 0 Å². The van der Waals surface area contributed by atoms with E-state index in [0.717, 1.165) is 12.3 Å². The molecule has 9 nitrogen and oxygen atoms in total. The Morgan fingerprint density at radius 2 is 2.29 bits per heavy atom. The summed E-state index contributed by atoms with van der Waals surface area (Å²) in [6.07, 6.45) is 2.02.